The highest BCUT2D eigenvalue weighted by atomic mass is 32.1. The molecule has 0 saturated carbocycles. The molecule has 0 radical (unpaired) electrons. The number of aliphatic hydroxyl groups excluding tert-OH is 3. The molecule has 3 heterocycles. The number of aromatic nitrogens is 4. The van der Waals surface area contributed by atoms with Crippen molar-refractivity contribution >= 4 is 68.9 Å². The lowest BCUT2D eigenvalue weighted by Gasteiger charge is -2.16. The molecule has 1 aliphatic heterocycles. The number of hydrogen-bond donors (Lipinski definition) is 8. The van der Waals surface area contributed by atoms with Gasteiger partial charge in [-0.3, -0.25) is 24.3 Å². The van der Waals surface area contributed by atoms with E-state index >= 15 is 0 Å². The smallest absolute Gasteiger partial charge is 0.269 e. The number of carbonyl (C=O) groups excluding carboxylic acids is 2. The third-order valence-corrected chi connectivity index (χ3v) is 8.65. The number of nitrogens with one attached hydrogen (secondary N) is 5. The number of benzene rings is 3. The molecule has 0 aliphatic carbocycles. The number of ether oxygens (including phenoxy) is 1. The minimum absolute atomic E-state index is 0.0211. The Morgan fingerprint density at radius 2 is 1.43 bits per heavy atom. The van der Waals surface area contributed by atoms with E-state index in [4.69, 9.17) is 17.0 Å². The molecule has 54 heavy (non-hydrogen) atoms. The molecule has 1 aliphatic rings. The summed E-state index contributed by atoms with van der Waals surface area (Å²) in [6.07, 6.45) is -1.46. The molecule has 19 heteroatoms. The molecule has 18 nitrogen and oxygen atoms in total. The topological polar surface area (TPSA) is 251 Å². The minimum atomic E-state index is -1.29. The highest BCUT2D eigenvalue weighted by molar-refractivity contribution is 7.80. The van der Waals surface area contributed by atoms with Crippen molar-refractivity contribution in [2.75, 3.05) is 35.6 Å². The third kappa shape index (κ3) is 9.26. The molecule has 0 bridgehead atoms. The average molecular weight is 757 g/mol. The van der Waals surface area contributed by atoms with Gasteiger partial charge >= 0.3 is 0 Å². The molecule has 2 amide bonds. The number of carbonyl (C=O) groups is 2. The van der Waals surface area contributed by atoms with Gasteiger partial charge in [-0.15, -0.1) is 0 Å². The summed E-state index contributed by atoms with van der Waals surface area (Å²) in [7, 11) is 0. The zero-order valence-electron chi connectivity index (χ0n) is 28.5. The maximum absolute atomic E-state index is 12.8. The second-order valence-electron chi connectivity index (χ2n) is 12.2. The van der Waals surface area contributed by atoms with Crippen LogP contribution in [0.4, 0.5) is 28.6 Å². The van der Waals surface area contributed by atoms with E-state index in [1.54, 1.807) is 60.7 Å². The van der Waals surface area contributed by atoms with Crippen molar-refractivity contribution in [1.29, 1.82) is 0 Å². The molecule has 4 atom stereocenters. The molecule has 2 aromatic heterocycles. The first kappa shape index (κ1) is 37.6. The Labute approximate surface area is 312 Å². The van der Waals surface area contributed by atoms with Crippen molar-refractivity contribution in [1.82, 2.24) is 30.2 Å². The molecule has 8 N–H and O–H groups in total. The van der Waals surface area contributed by atoms with E-state index in [1.165, 1.54) is 29.4 Å². The summed E-state index contributed by atoms with van der Waals surface area (Å²) in [6, 6.07) is 20.0. The van der Waals surface area contributed by atoms with Gasteiger partial charge < -0.3 is 46.6 Å². The van der Waals surface area contributed by atoms with Gasteiger partial charge in [0.2, 0.25) is 11.8 Å². The van der Waals surface area contributed by atoms with E-state index in [2.05, 4.69) is 41.5 Å². The summed E-state index contributed by atoms with van der Waals surface area (Å²) in [4.78, 5) is 48.4. The highest BCUT2D eigenvalue weighted by Gasteiger charge is 2.44. The van der Waals surface area contributed by atoms with E-state index in [9.17, 15) is 35.0 Å². The predicted octanol–water partition coefficient (Wildman–Crippen LogP) is 1.92. The number of nitro groups is 1. The number of amides is 2. The maximum Gasteiger partial charge on any atom is 0.269 e. The molecule has 5 aromatic rings. The number of nitro benzene ring substituents is 1. The van der Waals surface area contributed by atoms with Crippen LogP contribution in [-0.4, -0.2) is 94.7 Å². The Morgan fingerprint density at radius 1 is 0.815 bits per heavy atom. The van der Waals surface area contributed by atoms with Gasteiger partial charge in [-0.25, -0.2) is 15.0 Å². The summed E-state index contributed by atoms with van der Waals surface area (Å²) >= 11 is 5.22. The number of non-ortho nitro benzene ring substituents is 1. The normalized spacial score (nSPS) is 17.8. The molecule has 6 rings (SSSR count). The summed E-state index contributed by atoms with van der Waals surface area (Å²) in [5.41, 5.74) is 4.13. The van der Waals surface area contributed by atoms with Crippen LogP contribution in [-0.2, 0) is 27.2 Å². The number of imidazole rings is 1. The minimum Gasteiger partial charge on any atom is -0.394 e. The molecule has 280 valence electrons. The molecule has 3 aromatic carbocycles. The van der Waals surface area contributed by atoms with Crippen LogP contribution in [0.15, 0.2) is 85.5 Å². The third-order valence-electron chi connectivity index (χ3n) is 8.40. The summed E-state index contributed by atoms with van der Waals surface area (Å²) in [6.45, 7) is 0.240. The molecular weight excluding hydrogens is 721 g/mol. The van der Waals surface area contributed by atoms with E-state index in [-0.39, 0.29) is 30.3 Å². The van der Waals surface area contributed by atoms with Crippen LogP contribution in [0, 0.1) is 10.1 Å². The van der Waals surface area contributed by atoms with E-state index < -0.39 is 36.1 Å². The fourth-order valence-corrected chi connectivity index (χ4v) is 5.87. The van der Waals surface area contributed by atoms with E-state index in [1.807, 2.05) is 0 Å². The fourth-order valence-electron chi connectivity index (χ4n) is 5.65. The van der Waals surface area contributed by atoms with Gasteiger partial charge in [-0.2, -0.15) is 0 Å². The second kappa shape index (κ2) is 17.1. The van der Waals surface area contributed by atoms with Gasteiger partial charge in [-0.05, 0) is 59.7 Å². The first-order valence-corrected chi connectivity index (χ1v) is 17.1. The lowest BCUT2D eigenvalue weighted by molar-refractivity contribution is -0.384. The van der Waals surface area contributed by atoms with Crippen molar-refractivity contribution in [2.45, 2.75) is 37.4 Å². The van der Waals surface area contributed by atoms with Gasteiger partial charge in [0, 0.05) is 42.3 Å². The van der Waals surface area contributed by atoms with Crippen LogP contribution >= 0.6 is 12.2 Å². The second-order valence-corrected chi connectivity index (χ2v) is 12.6. The first-order chi connectivity index (χ1) is 26.1. The van der Waals surface area contributed by atoms with Gasteiger partial charge in [0.1, 0.15) is 24.6 Å². The number of anilines is 4. The quantitative estimate of drug-likeness (QED) is 0.0349. The zero-order chi connectivity index (χ0) is 38.2. The number of aliphatic hydroxyl groups is 3. The van der Waals surface area contributed by atoms with E-state index in [0.717, 1.165) is 11.1 Å². The lowest BCUT2D eigenvalue weighted by atomic mass is 10.1. The van der Waals surface area contributed by atoms with Crippen LogP contribution in [0.5, 0.6) is 0 Å². The number of fused-ring (bicyclic) bond motifs is 1. The SMILES string of the molecule is O=C(Cc1ccc(NC(=O)Cc2ccc(Nc3ncnc4c3ncn4C3O[C@H](CO)[C@@H](O)[C@H]3O)cc2)cc1)NCCNC(=S)Nc1ccc([N+](=O)[O-])cc1. The van der Waals surface area contributed by atoms with Crippen LogP contribution in [0.2, 0.25) is 0 Å². The van der Waals surface area contributed by atoms with Crippen molar-refractivity contribution in [3.63, 3.8) is 0 Å². The van der Waals surface area contributed by atoms with Gasteiger partial charge in [-0.1, -0.05) is 24.3 Å². The Balaban J connectivity index is 0.923. The number of hydrogen-bond acceptors (Lipinski definition) is 13. The predicted molar refractivity (Wildman–Crippen MR) is 201 cm³/mol. The Bertz CT molecular complexity index is 2120. The standard InChI is InChI=1S/C35H36N10O8S/c46-17-26-30(49)31(50)34(53-26)44-19-40-29-32(38-18-39-33(29)44)42-23-7-3-21(4-8-23)16-28(48)41-22-5-1-20(2-6-22)15-27(47)36-13-14-37-35(54)43-24-9-11-25(12-10-24)45(51)52/h1-12,18-19,26,30-31,34,46,49-50H,13-17H2,(H,36,47)(H,41,48)(H2,37,43,54)(H,38,39,42)/t26-,30-,31-,34?/m1/s1. The number of nitrogens with zero attached hydrogens (tertiary/aromatic N) is 5. The summed E-state index contributed by atoms with van der Waals surface area (Å²) < 4.78 is 7.09. The van der Waals surface area contributed by atoms with Crippen LogP contribution in [0.1, 0.15) is 17.4 Å². The summed E-state index contributed by atoms with van der Waals surface area (Å²) in [5, 5.41) is 55.8. The molecule has 1 saturated heterocycles. The largest absolute Gasteiger partial charge is 0.394 e. The molecule has 1 unspecified atom stereocenters. The Kier molecular flexibility index (Phi) is 11.9. The van der Waals surface area contributed by atoms with Crippen molar-refractivity contribution in [3.05, 3.63) is 107 Å². The van der Waals surface area contributed by atoms with Gasteiger partial charge in [0.15, 0.2) is 28.3 Å². The number of thiocarbonyl (C=S) groups is 1. The maximum atomic E-state index is 12.8. The van der Waals surface area contributed by atoms with Crippen LogP contribution in [0.3, 0.4) is 0 Å². The summed E-state index contributed by atoms with van der Waals surface area (Å²) in [5.74, 6) is -0.0109. The molecular formula is C35H36N10O8S. The Morgan fingerprint density at radius 3 is 2.07 bits per heavy atom. The fraction of sp³-hybridized carbons (Fsp3) is 0.257. The van der Waals surface area contributed by atoms with Crippen LogP contribution in [0.25, 0.3) is 11.2 Å². The highest BCUT2D eigenvalue weighted by Crippen LogP contribution is 2.32. The average Bonchev–Trinajstić information content (AvgIpc) is 3.72. The van der Waals surface area contributed by atoms with Crippen LogP contribution < -0.4 is 26.6 Å². The monoisotopic (exact) mass is 756 g/mol. The lowest BCUT2D eigenvalue weighted by Crippen LogP contribution is -2.37. The molecule has 0 spiro atoms. The van der Waals surface area contributed by atoms with Crippen molar-refractivity contribution < 1.29 is 34.6 Å². The van der Waals surface area contributed by atoms with Crippen molar-refractivity contribution in [2.24, 2.45) is 0 Å². The van der Waals surface area contributed by atoms with Gasteiger partial charge in [0.05, 0.1) is 30.7 Å². The van der Waals surface area contributed by atoms with E-state index in [0.29, 0.717) is 52.2 Å². The zero-order valence-corrected chi connectivity index (χ0v) is 29.3. The first-order valence-electron chi connectivity index (χ1n) is 16.7. The van der Waals surface area contributed by atoms with Gasteiger partial charge in [0.25, 0.3) is 5.69 Å². The van der Waals surface area contributed by atoms with Crippen molar-refractivity contribution in [3.8, 4) is 0 Å². The Hall–Kier alpha value is -6.12. The molecule has 1 fully saturated rings. The number of rotatable bonds is 14.